The minimum atomic E-state index is 0.229. The third-order valence-electron chi connectivity index (χ3n) is 3.35. The number of aromatic nitrogens is 2. The van der Waals surface area contributed by atoms with Crippen LogP contribution in [0.25, 0.3) is 0 Å². The maximum absolute atomic E-state index is 6.07. The van der Waals surface area contributed by atoms with Crippen molar-refractivity contribution >= 4 is 11.6 Å². The highest BCUT2D eigenvalue weighted by Crippen LogP contribution is 2.22. The number of halogens is 1. The summed E-state index contributed by atoms with van der Waals surface area (Å²) in [4.78, 5) is 4.28. The second kappa shape index (κ2) is 6.91. The fourth-order valence-electron chi connectivity index (χ4n) is 2.23. The predicted octanol–water partition coefficient (Wildman–Crippen LogP) is 3.89. The van der Waals surface area contributed by atoms with Crippen LogP contribution < -0.4 is 5.32 Å². The molecular formula is C16H22ClN3. The number of nitrogens with one attached hydrogen (secondary N) is 1. The summed E-state index contributed by atoms with van der Waals surface area (Å²) >= 11 is 6.07. The number of imidazole rings is 1. The van der Waals surface area contributed by atoms with E-state index in [9.17, 15) is 0 Å². The third kappa shape index (κ3) is 3.84. The number of benzene rings is 1. The van der Waals surface area contributed by atoms with Gasteiger partial charge in [0.2, 0.25) is 0 Å². The van der Waals surface area contributed by atoms with Crippen molar-refractivity contribution in [3.8, 4) is 0 Å². The minimum Gasteiger partial charge on any atom is -0.326 e. The van der Waals surface area contributed by atoms with Crippen LogP contribution in [-0.2, 0) is 6.54 Å². The van der Waals surface area contributed by atoms with Gasteiger partial charge in [-0.1, -0.05) is 37.6 Å². The van der Waals surface area contributed by atoms with E-state index in [1.807, 2.05) is 30.7 Å². The largest absolute Gasteiger partial charge is 0.326 e. The van der Waals surface area contributed by atoms with Gasteiger partial charge in [0.05, 0.1) is 18.1 Å². The SMILES string of the molecule is CC(C)CNCc1cncn1C(C)c1cccc(Cl)c1. The van der Waals surface area contributed by atoms with Crippen molar-refractivity contribution in [2.45, 2.75) is 33.4 Å². The standard InChI is InChI=1S/C16H22ClN3/c1-12(2)8-18-9-16-10-19-11-20(16)13(3)14-5-4-6-15(17)7-14/h4-7,10-13,18H,8-9H2,1-3H3. The first kappa shape index (κ1) is 15.1. The van der Waals surface area contributed by atoms with Crippen LogP contribution >= 0.6 is 11.6 Å². The quantitative estimate of drug-likeness (QED) is 0.875. The number of hydrogen-bond donors (Lipinski definition) is 1. The molecule has 108 valence electrons. The third-order valence-corrected chi connectivity index (χ3v) is 3.59. The van der Waals surface area contributed by atoms with Crippen LogP contribution in [0.3, 0.4) is 0 Å². The molecule has 0 saturated carbocycles. The maximum atomic E-state index is 6.07. The first-order valence-corrected chi connectivity index (χ1v) is 7.42. The average Bonchev–Trinajstić information content (AvgIpc) is 2.86. The molecule has 1 atom stereocenters. The molecule has 0 radical (unpaired) electrons. The Hall–Kier alpha value is -1.32. The first-order chi connectivity index (χ1) is 9.58. The molecule has 0 fully saturated rings. The molecule has 0 amide bonds. The van der Waals surface area contributed by atoms with Crippen LogP contribution in [0.1, 0.15) is 38.1 Å². The average molecular weight is 292 g/mol. The molecular weight excluding hydrogens is 270 g/mol. The molecule has 0 aliphatic carbocycles. The highest BCUT2D eigenvalue weighted by Gasteiger charge is 2.11. The summed E-state index contributed by atoms with van der Waals surface area (Å²) in [6.45, 7) is 8.43. The molecule has 4 heteroatoms. The molecule has 0 saturated heterocycles. The van der Waals surface area contributed by atoms with E-state index in [2.05, 4.69) is 41.7 Å². The molecule has 0 aliphatic rings. The van der Waals surface area contributed by atoms with Gasteiger partial charge in [-0.3, -0.25) is 0 Å². The number of rotatable bonds is 6. The fourth-order valence-corrected chi connectivity index (χ4v) is 2.43. The molecule has 1 aromatic heterocycles. The zero-order valence-electron chi connectivity index (χ0n) is 12.3. The second-order valence-electron chi connectivity index (χ2n) is 5.55. The lowest BCUT2D eigenvalue weighted by Crippen LogP contribution is -2.21. The summed E-state index contributed by atoms with van der Waals surface area (Å²) in [5.74, 6) is 0.650. The Morgan fingerprint density at radius 3 is 2.80 bits per heavy atom. The van der Waals surface area contributed by atoms with Crippen molar-refractivity contribution in [1.29, 1.82) is 0 Å². The molecule has 2 rings (SSSR count). The zero-order chi connectivity index (χ0) is 14.5. The van der Waals surface area contributed by atoms with Gasteiger partial charge in [0.1, 0.15) is 0 Å². The van der Waals surface area contributed by atoms with Crippen molar-refractivity contribution in [2.75, 3.05) is 6.54 Å². The van der Waals surface area contributed by atoms with E-state index in [1.54, 1.807) is 0 Å². The van der Waals surface area contributed by atoms with Crippen molar-refractivity contribution in [3.63, 3.8) is 0 Å². The van der Waals surface area contributed by atoms with Crippen molar-refractivity contribution < 1.29 is 0 Å². The van der Waals surface area contributed by atoms with Crippen molar-refractivity contribution in [2.24, 2.45) is 5.92 Å². The molecule has 2 aromatic rings. The lowest BCUT2D eigenvalue weighted by molar-refractivity contribution is 0.525. The van der Waals surface area contributed by atoms with E-state index in [4.69, 9.17) is 11.6 Å². The molecule has 20 heavy (non-hydrogen) atoms. The monoisotopic (exact) mass is 291 g/mol. The summed E-state index contributed by atoms with van der Waals surface area (Å²) in [6, 6.07) is 8.23. The van der Waals surface area contributed by atoms with Gasteiger partial charge in [-0.2, -0.15) is 0 Å². The second-order valence-corrected chi connectivity index (χ2v) is 5.98. The normalized spacial score (nSPS) is 12.8. The Kier molecular flexibility index (Phi) is 5.21. The molecule has 1 N–H and O–H groups in total. The molecule has 1 heterocycles. The van der Waals surface area contributed by atoms with Gasteiger partial charge in [-0.05, 0) is 37.1 Å². The van der Waals surface area contributed by atoms with E-state index < -0.39 is 0 Å². The number of nitrogens with zero attached hydrogens (tertiary/aromatic N) is 2. The molecule has 0 bridgehead atoms. The Balaban J connectivity index is 2.10. The maximum Gasteiger partial charge on any atom is 0.0954 e. The molecule has 1 aromatic carbocycles. The van der Waals surface area contributed by atoms with Gasteiger partial charge < -0.3 is 9.88 Å². The van der Waals surface area contributed by atoms with Gasteiger partial charge in [0.25, 0.3) is 0 Å². The van der Waals surface area contributed by atoms with E-state index in [1.165, 1.54) is 11.3 Å². The highest BCUT2D eigenvalue weighted by molar-refractivity contribution is 6.30. The van der Waals surface area contributed by atoms with Crippen LogP contribution in [0.2, 0.25) is 5.02 Å². The van der Waals surface area contributed by atoms with Gasteiger partial charge in [-0.15, -0.1) is 0 Å². The molecule has 1 unspecified atom stereocenters. The Labute approximate surface area is 126 Å². The highest BCUT2D eigenvalue weighted by atomic mass is 35.5. The lowest BCUT2D eigenvalue weighted by atomic mass is 10.1. The molecule has 0 spiro atoms. The summed E-state index contributed by atoms with van der Waals surface area (Å²) in [5.41, 5.74) is 2.39. The lowest BCUT2D eigenvalue weighted by Gasteiger charge is -2.18. The van der Waals surface area contributed by atoms with Gasteiger partial charge in [0, 0.05) is 17.8 Å². The predicted molar refractivity (Wildman–Crippen MR) is 84.0 cm³/mol. The smallest absolute Gasteiger partial charge is 0.0954 e. The van der Waals surface area contributed by atoms with E-state index in [0.29, 0.717) is 5.92 Å². The van der Waals surface area contributed by atoms with Crippen molar-refractivity contribution in [1.82, 2.24) is 14.9 Å². The minimum absolute atomic E-state index is 0.229. The first-order valence-electron chi connectivity index (χ1n) is 7.05. The van der Waals surface area contributed by atoms with Crippen LogP contribution in [0.5, 0.6) is 0 Å². The molecule has 0 aliphatic heterocycles. The summed E-state index contributed by atoms with van der Waals surface area (Å²) < 4.78 is 2.19. The summed E-state index contributed by atoms with van der Waals surface area (Å²) in [6.07, 6.45) is 3.81. The van der Waals surface area contributed by atoms with E-state index >= 15 is 0 Å². The van der Waals surface area contributed by atoms with E-state index in [0.717, 1.165) is 18.1 Å². The van der Waals surface area contributed by atoms with Gasteiger partial charge in [-0.25, -0.2) is 4.98 Å². The van der Waals surface area contributed by atoms with Gasteiger partial charge >= 0.3 is 0 Å². The zero-order valence-corrected chi connectivity index (χ0v) is 13.1. The van der Waals surface area contributed by atoms with Crippen LogP contribution in [0, 0.1) is 5.92 Å². The van der Waals surface area contributed by atoms with E-state index in [-0.39, 0.29) is 6.04 Å². The summed E-state index contributed by atoms with van der Waals surface area (Å²) in [5, 5.41) is 4.23. The van der Waals surface area contributed by atoms with Crippen molar-refractivity contribution in [3.05, 3.63) is 53.1 Å². The fraction of sp³-hybridized carbons (Fsp3) is 0.438. The summed E-state index contributed by atoms with van der Waals surface area (Å²) in [7, 11) is 0. The Morgan fingerprint density at radius 2 is 2.10 bits per heavy atom. The Morgan fingerprint density at radius 1 is 1.30 bits per heavy atom. The van der Waals surface area contributed by atoms with Crippen LogP contribution in [0.15, 0.2) is 36.8 Å². The number of hydrogen-bond acceptors (Lipinski definition) is 2. The molecule has 3 nitrogen and oxygen atoms in total. The van der Waals surface area contributed by atoms with Crippen LogP contribution in [0.4, 0.5) is 0 Å². The topological polar surface area (TPSA) is 29.9 Å². The van der Waals surface area contributed by atoms with Crippen LogP contribution in [-0.4, -0.2) is 16.1 Å². The van der Waals surface area contributed by atoms with Gasteiger partial charge in [0.15, 0.2) is 0 Å². The Bertz CT molecular complexity index is 548.